The molecule has 0 aromatic heterocycles. The third-order valence-electron chi connectivity index (χ3n) is 6.81. The van der Waals surface area contributed by atoms with Gasteiger partial charge >= 0.3 is 0 Å². The van der Waals surface area contributed by atoms with Crippen molar-refractivity contribution in [1.82, 2.24) is 10.2 Å². The Labute approximate surface area is 186 Å². The molecule has 3 fully saturated rings. The van der Waals surface area contributed by atoms with Crippen molar-refractivity contribution >= 4 is 35.0 Å². The number of carbonyl (C=O) groups excluding carboxylic acids is 3. The highest BCUT2D eigenvalue weighted by atomic mass is 35.5. The number of β-amino-alcohol motifs (C(OH)–C–C–N with tert-alkyl or cyclic N) is 1. The molecule has 3 N–H and O–H groups in total. The van der Waals surface area contributed by atoms with Crippen molar-refractivity contribution in [3.05, 3.63) is 29.3 Å². The van der Waals surface area contributed by atoms with Crippen molar-refractivity contribution in [2.75, 3.05) is 25.0 Å². The molecule has 0 aliphatic carbocycles. The van der Waals surface area contributed by atoms with Crippen molar-refractivity contribution < 1.29 is 24.2 Å². The van der Waals surface area contributed by atoms with Crippen LogP contribution in [0.5, 0.6) is 0 Å². The summed E-state index contributed by atoms with van der Waals surface area (Å²) < 4.78 is 6.44. The maximum atomic E-state index is 13.5. The van der Waals surface area contributed by atoms with Crippen LogP contribution in [0.1, 0.15) is 33.1 Å². The molecule has 2 bridgehead atoms. The molecular formula is C22H28ClN3O5. The second-order valence-electron chi connectivity index (χ2n) is 8.77. The molecule has 3 amide bonds. The Morgan fingerprint density at radius 1 is 1.26 bits per heavy atom. The molecule has 1 aromatic carbocycles. The lowest BCUT2D eigenvalue weighted by molar-refractivity contribution is -0.145. The van der Waals surface area contributed by atoms with Crippen LogP contribution in [0.4, 0.5) is 5.69 Å². The van der Waals surface area contributed by atoms with Crippen LogP contribution in [-0.4, -0.2) is 64.7 Å². The van der Waals surface area contributed by atoms with Gasteiger partial charge in [0.2, 0.25) is 17.7 Å². The highest BCUT2D eigenvalue weighted by Gasteiger charge is 2.77. The number of aliphatic hydroxyl groups is 1. The molecule has 1 spiro atoms. The molecule has 9 heteroatoms. The van der Waals surface area contributed by atoms with E-state index < -0.39 is 35.0 Å². The maximum absolute atomic E-state index is 13.5. The molecule has 3 aliphatic rings. The quantitative estimate of drug-likeness (QED) is 0.585. The van der Waals surface area contributed by atoms with Crippen LogP contribution in [0.2, 0.25) is 5.02 Å². The van der Waals surface area contributed by atoms with Gasteiger partial charge in [-0.05, 0) is 50.5 Å². The first-order chi connectivity index (χ1) is 14.8. The van der Waals surface area contributed by atoms with Gasteiger partial charge in [-0.25, -0.2) is 0 Å². The van der Waals surface area contributed by atoms with Gasteiger partial charge in [0.15, 0.2) is 0 Å². The molecule has 2 unspecified atom stereocenters. The van der Waals surface area contributed by atoms with E-state index in [0.717, 1.165) is 6.42 Å². The van der Waals surface area contributed by atoms with E-state index in [-0.39, 0.29) is 25.0 Å². The van der Waals surface area contributed by atoms with E-state index in [9.17, 15) is 19.5 Å². The minimum absolute atomic E-state index is 0.000832. The number of carbonyl (C=O) groups is 3. The average Bonchev–Trinajstić information content (AvgIpc) is 3.29. The van der Waals surface area contributed by atoms with Gasteiger partial charge in [-0.15, -0.1) is 0 Å². The summed E-state index contributed by atoms with van der Waals surface area (Å²) in [4.78, 5) is 41.3. The topological polar surface area (TPSA) is 108 Å². The summed E-state index contributed by atoms with van der Waals surface area (Å²) in [6.45, 7) is 4.04. The molecule has 8 nitrogen and oxygen atoms in total. The number of fused-ring (bicyclic) bond motifs is 1. The van der Waals surface area contributed by atoms with Crippen LogP contribution < -0.4 is 10.6 Å². The van der Waals surface area contributed by atoms with E-state index in [2.05, 4.69) is 10.6 Å². The standard InChI is InChI=1S/C22H28ClN3O5/c1-3-10-24-18(28)15-16-20(30)26(11-12-27)17(22(16)9-8-21(15,2)31-22)19(29)25-14-6-4-13(23)5-7-14/h4-7,15-17,27H,3,8-12H2,1-2H3,(H,24,28)(H,25,29)/t15-,16+,17?,21+,22?/m1/s1. The van der Waals surface area contributed by atoms with E-state index in [4.69, 9.17) is 16.3 Å². The van der Waals surface area contributed by atoms with E-state index in [1.165, 1.54) is 4.90 Å². The van der Waals surface area contributed by atoms with Gasteiger partial charge < -0.3 is 25.4 Å². The van der Waals surface area contributed by atoms with Gasteiger partial charge in [-0.2, -0.15) is 0 Å². The van der Waals surface area contributed by atoms with Gasteiger partial charge in [-0.1, -0.05) is 18.5 Å². The predicted octanol–water partition coefficient (Wildman–Crippen LogP) is 1.56. The zero-order valence-electron chi connectivity index (χ0n) is 17.7. The molecule has 4 rings (SSSR count). The van der Waals surface area contributed by atoms with Gasteiger partial charge in [-0.3, -0.25) is 14.4 Å². The maximum Gasteiger partial charge on any atom is 0.250 e. The SMILES string of the molecule is CCCNC(=O)[C@H]1[C@H]2C(=O)N(CCO)C(C(=O)Nc3ccc(Cl)cc3)C23CC[C@]1(C)O3. The summed E-state index contributed by atoms with van der Waals surface area (Å²) in [6, 6.07) is 5.75. The summed E-state index contributed by atoms with van der Waals surface area (Å²) in [7, 11) is 0. The fourth-order valence-electron chi connectivity index (χ4n) is 5.58. The summed E-state index contributed by atoms with van der Waals surface area (Å²) in [5.41, 5.74) is -1.35. The summed E-state index contributed by atoms with van der Waals surface area (Å²) >= 11 is 5.93. The Balaban J connectivity index is 1.68. The summed E-state index contributed by atoms with van der Waals surface area (Å²) in [5, 5.41) is 15.9. The molecule has 3 heterocycles. The summed E-state index contributed by atoms with van der Waals surface area (Å²) in [5.74, 6) is -2.35. The van der Waals surface area contributed by atoms with Crippen LogP contribution in [0, 0.1) is 11.8 Å². The summed E-state index contributed by atoms with van der Waals surface area (Å²) in [6.07, 6.45) is 1.86. The Bertz CT molecular complexity index is 894. The Kier molecular flexibility index (Phi) is 5.74. The first-order valence-corrected chi connectivity index (χ1v) is 11.1. The normalized spacial score (nSPS) is 33.5. The van der Waals surface area contributed by atoms with E-state index in [1.807, 2.05) is 13.8 Å². The number of halogens is 1. The minimum atomic E-state index is -1.09. The Morgan fingerprint density at radius 2 is 1.97 bits per heavy atom. The number of anilines is 1. The van der Waals surface area contributed by atoms with E-state index >= 15 is 0 Å². The molecule has 168 valence electrons. The number of rotatable bonds is 7. The first kappa shape index (κ1) is 22.0. The lowest BCUT2D eigenvalue weighted by Crippen LogP contribution is -2.53. The zero-order chi connectivity index (χ0) is 22.4. The number of aliphatic hydroxyl groups excluding tert-OH is 1. The van der Waals surface area contributed by atoms with Crippen molar-refractivity contribution in [3.63, 3.8) is 0 Å². The number of benzene rings is 1. The van der Waals surface area contributed by atoms with Gasteiger partial charge in [0.05, 0.1) is 24.0 Å². The van der Waals surface area contributed by atoms with Gasteiger partial charge in [0.1, 0.15) is 11.6 Å². The fraction of sp³-hybridized carbons (Fsp3) is 0.591. The third kappa shape index (κ3) is 3.41. The highest BCUT2D eigenvalue weighted by molar-refractivity contribution is 6.30. The number of amides is 3. The van der Waals surface area contributed by atoms with Crippen molar-refractivity contribution in [3.8, 4) is 0 Å². The van der Waals surface area contributed by atoms with Crippen LogP contribution in [0.15, 0.2) is 24.3 Å². The predicted molar refractivity (Wildman–Crippen MR) is 114 cm³/mol. The molecule has 0 saturated carbocycles. The number of nitrogens with zero attached hydrogens (tertiary/aromatic N) is 1. The van der Waals surface area contributed by atoms with Crippen LogP contribution in [0.25, 0.3) is 0 Å². The fourth-order valence-corrected chi connectivity index (χ4v) is 5.70. The van der Waals surface area contributed by atoms with E-state index in [1.54, 1.807) is 24.3 Å². The zero-order valence-corrected chi connectivity index (χ0v) is 18.4. The monoisotopic (exact) mass is 449 g/mol. The lowest BCUT2D eigenvalue weighted by Gasteiger charge is -2.33. The van der Waals surface area contributed by atoms with Crippen LogP contribution in [-0.2, 0) is 19.1 Å². The van der Waals surface area contributed by atoms with Crippen molar-refractivity contribution in [2.24, 2.45) is 11.8 Å². The van der Waals surface area contributed by atoms with Crippen molar-refractivity contribution in [1.29, 1.82) is 0 Å². The highest BCUT2D eigenvalue weighted by Crippen LogP contribution is 2.63. The second kappa shape index (κ2) is 8.07. The lowest BCUT2D eigenvalue weighted by atomic mass is 9.66. The van der Waals surface area contributed by atoms with Gasteiger partial charge in [0.25, 0.3) is 0 Å². The smallest absolute Gasteiger partial charge is 0.250 e. The molecule has 1 aromatic rings. The van der Waals surface area contributed by atoms with Gasteiger partial charge in [0, 0.05) is 23.8 Å². The molecule has 3 aliphatic heterocycles. The molecule has 5 atom stereocenters. The molecule has 0 radical (unpaired) electrons. The Hall–Kier alpha value is -2.16. The van der Waals surface area contributed by atoms with Crippen LogP contribution in [0.3, 0.4) is 0 Å². The minimum Gasteiger partial charge on any atom is -0.395 e. The Morgan fingerprint density at radius 3 is 2.61 bits per heavy atom. The van der Waals surface area contributed by atoms with E-state index in [0.29, 0.717) is 30.1 Å². The second-order valence-corrected chi connectivity index (χ2v) is 9.21. The number of likely N-dealkylation sites (tertiary alicyclic amines) is 1. The van der Waals surface area contributed by atoms with Crippen molar-refractivity contribution in [2.45, 2.75) is 50.4 Å². The van der Waals surface area contributed by atoms with Crippen LogP contribution >= 0.6 is 11.6 Å². The number of hydrogen-bond donors (Lipinski definition) is 3. The molecule has 31 heavy (non-hydrogen) atoms. The number of hydrogen-bond acceptors (Lipinski definition) is 5. The first-order valence-electron chi connectivity index (χ1n) is 10.7. The average molecular weight is 450 g/mol. The largest absolute Gasteiger partial charge is 0.395 e. The number of ether oxygens (including phenoxy) is 1. The third-order valence-corrected chi connectivity index (χ3v) is 7.06. The number of nitrogens with one attached hydrogen (secondary N) is 2. The molecular weight excluding hydrogens is 422 g/mol. The molecule has 3 saturated heterocycles.